The van der Waals surface area contributed by atoms with Crippen molar-refractivity contribution in [3.8, 4) is 11.3 Å². The van der Waals surface area contributed by atoms with Gasteiger partial charge in [-0.1, -0.05) is 0 Å². The summed E-state index contributed by atoms with van der Waals surface area (Å²) in [5.74, 6) is -0.345. The normalized spacial score (nSPS) is 10.3. The Kier molecular flexibility index (Phi) is 2.26. The highest BCUT2D eigenvalue weighted by Crippen LogP contribution is 2.21. The van der Waals surface area contributed by atoms with Crippen molar-refractivity contribution in [3.63, 3.8) is 0 Å². The van der Waals surface area contributed by atoms with E-state index >= 15 is 0 Å². The maximum absolute atomic E-state index is 12.8. The molecule has 0 amide bonds. The van der Waals surface area contributed by atoms with Crippen LogP contribution in [0.25, 0.3) is 11.3 Å². The molecule has 0 spiro atoms. The number of hydrogen-bond acceptors (Lipinski definition) is 2. The minimum absolute atomic E-state index is 0.345. The van der Waals surface area contributed by atoms with E-state index in [9.17, 15) is 4.39 Å². The monoisotopic (exact) mass is 289 g/mol. The topological polar surface area (TPSA) is 41.6 Å². The average Bonchev–Trinajstić information content (AvgIpc) is 2.51. The fourth-order valence-corrected chi connectivity index (χ4v) is 1.59. The van der Waals surface area contributed by atoms with Crippen LogP contribution in [0.15, 0.2) is 24.7 Å². The number of aromatic amines is 1. The molecule has 2 aromatic rings. The molecule has 0 aliphatic rings. The van der Waals surface area contributed by atoms with Gasteiger partial charge in [-0.3, -0.25) is 10.1 Å². The molecule has 0 unspecified atom stereocenters. The van der Waals surface area contributed by atoms with Crippen LogP contribution < -0.4 is 0 Å². The summed E-state index contributed by atoms with van der Waals surface area (Å²) < 4.78 is 13.7. The van der Waals surface area contributed by atoms with Crippen LogP contribution in [0.4, 0.5) is 4.39 Å². The van der Waals surface area contributed by atoms with Gasteiger partial charge in [0.2, 0.25) is 0 Å². The third-order valence-corrected chi connectivity index (χ3v) is 2.40. The van der Waals surface area contributed by atoms with E-state index in [2.05, 4.69) is 37.8 Å². The van der Waals surface area contributed by atoms with E-state index in [-0.39, 0.29) is 5.82 Å². The zero-order valence-corrected chi connectivity index (χ0v) is 8.62. The zero-order chi connectivity index (χ0) is 9.26. The summed E-state index contributed by atoms with van der Waals surface area (Å²) in [4.78, 5) is 3.76. The maximum atomic E-state index is 12.8. The van der Waals surface area contributed by atoms with Gasteiger partial charge in [0.15, 0.2) is 0 Å². The Morgan fingerprint density at radius 3 is 2.77 bits per heavy atom. The van der Waals surface area contributed by atoms with Gasteiger partial charge in [0.1, 0.15) is 5.82 Å². The molecule has 5 heteroatoms. The van der Waals surface area contributed by atoms with Gasteiger partial charge in [-0.15, -0.1) is 0 Å². The Bertz CT molecular complexity index is 427. The van der Waals surface area contributed by atoms with Crippen LogP contribution in [0.5, 0.6) is 0 Å². The average molecular weight is 289 g/mol. The fraction of sp³-hybridized carbons (Fsp3) is 0. The largest absolute Gasteiger partial charge is 0.277 e. The first-order chi connectivity index (χ1) is 6.27. The molecule has 0 aliphatic heterocycles. The molecule has 0 aliphatic carbocycles. The lowest BCUT2D eigenvalue weighted by Gasteiger charge is -1.96. The van der Waals surface area contributed by atoms with Crippen LogP contribution in [-0.4, -0.2) is 15.2 Å². The first kappa shape index (κ1) is 8.61. The lowest BCUT2D eigenvalue weighted by atomic mass is 10.2. The summed E-state index contributed by atoms with van der Waals surface area (Å²) in [6.07, 6.45) is 4.45. The van der Waals surface area contributed by atoms with E-state index in [1.54, 1.807) is 12.4 Å². The van der Waals surface area contributed by atoms with Gasteiger partial charge >= 0.3 is 0 Å². The molecular weight excluding hydrogens is 284 g/mol. The van der Waals surface area contributed by atoms with E-state index in [0.717, 1.165) is 9.26 Å². The summed E-state index contributed by atoms with van der Waals surface area (Å²) >= 11 is 2.13. The summed E-state index contributed by atoms with van der Waals surface area (Å²) in [5.41, 5.74) is 1.51. The smallest absolute Gasteiger partial charge is 0.142 e. The van der Waals surface area contributed by atoms with Crippen LogP contribution in [0.3, 0.4) is 0 Å². The predicted octanol–water partition coefficient (Wildman–Crippen LogP) is 2.22. The Morgan fingerprint density at radius 2 is 2.15 bits per heavy atom. The molecule has 0 atom stereocenters. The molecule has 0 saturated carbocycles. The van der Waals surface area contributed by atoms with Gasteiger partial charge in [0.05, 0.1) is 21.7 Å². The molecule has 3 nitrogen and oxygen atoms in total. The molecule has 0 saturated heterocycles. The Hall–Kier alpha value is -0.980. The minimum atomic E-state index is -0.345. The van der Waals surface area contributed by atoms with Gasteiger partial charge in [-0.25, -0.2) is 4.39 Å². The molecule has 0 fully saturated rings. The van der Waals surface area contributed by atoms with E-state index in [1.165, 1.54) is 12.3 Å². The van der Waals surface area contributed by atoms with Crippen LogP contribution >= 0.6 is 22.6 Å². The van der Waals surface area contributed by atoms with Crippen molar-refractivity contribution < 1.29 is 4.39 Å². The molecule has 2 aromatic heterocycles. The first-order valence-electron chi connectivity index (χ1n) is 3.57. The Balaban J connectivity index is 2.53. The first-order valence-corrected chi connectivity index (χ1v) is 4.65. The molecule has 1 N–H and O–H groups in total. The Morgan fingerprint density at radius 1 is 1.31 bits per heavy atom. The van der Waals surface area contributed by atoms with Gasteiger partial charge in [-0.2, -0.15) is 5.10 Å². The summed E-state index contributed by atoms with van der Waals surface area (Å²) in [6, 6.07) is 1.42. The van der Waals surface area contributed by atoms with E-state index in [1.807, 2.05) is 0 Å². The molecule has 2 heterocycles. The summed E-state index contributed by atoms with van der Waals surface area (Å²) in [7, 11) is 0. The van der Waals surface area contributed by atoms with Gasteiger partial charge in [-0.05, 0) is 28.7 Å². The second kappa shape index (κ2) is 3.41. The highest BCUT2D eigenvalue weighted by molar-refractivity contribution is 14.1. The third kappa shape index (κ3) is 1.69. The number of pyridine rings is 1. The van der Waals surface area contributed by atoms with Gasteiger partial charge < -0.3 is 0 Å². The third-order valence-electron chi connectivity index (χ3n) is 1.59. The lowest BCUT2D eigenvalue weighted by molar-refractivity contribution is 0.622. The van der Waals surface area contributed by atoms with Crippen LogP contribution in [0.2, 0.25) is 0 Å². The lowest BCUT2D eigenvalue weighted by Crippen LogP contribution is -1.84. The quantitative estimate of drug-likeness (QED) is 0.818. The van der Waals surface area contributed by atoms with Crippen molar-refractivity contribution in [1.29, 1.82) is 0 Å². The van der Waals surface area contributed by atoms with E-state index < -0.39 is 0 Å². The summed E-state index contributed by atoms with van der Waals surface area (Å²) in [6.45, 7) is 0. The minimum Gasteiger partial charge on any atom is -0.277 e. The number of aromatic nitrogens is 3. The zero-order valence-electron chi connectivity index (χ0n) is 6.46. The number of hydrogen-bond donors (Lipinski definition) is 1. The molecule has 0 aromatic carbocycles. The van der Waals surface area contributed by atoms with Crippen LogP contribution in [0, 0.1) is 9.39 Å². The second-order valence-electron chi connectivity index (χ2n) is 2.48. The molecule has 66 valence electrons. The van der Waals surface area contributed by atoms with Crippen LogP contribution in [0.1, 0.15) is 0 Å². The van der Waals surface area contributed by atoms with Crippen molar-refractivity contribution in [3.05, 3.63) is 34.0 Å². The van der Waals surface area contributed by atoms with Crippen molar-refractivity contribution in [2.45, 2.75) is 0 Å². The highest BCUT2D eigenvalue weighted by atomic mass is 127. The highest BCUT2D eigenvalue weighted by Gasteiger charge is 2.05. The van der Waals surface area contributed by atoms with Crippen molar-refractivity contribution in [2.24, 2.45) is 0 Å². The number of H-pyrrole nitrogens is 1. The molecular formula is C8H5FIN3. The number of nitrogens with zero attached hydrogens (tertiary/aromatic N) is 2. The number of nitrogens with one attached hydrogen (secondary N) is 1. The summed E-state index contributed by atoms with van der Waals surface area (Å²) in [5, 5.41) is 6.63. The van der Waals surface area contributed by atoms with Crippen LogP contribution in [-0.2, 0) is 0 Å². The second-order valence-corrected chi connectivity index (χ2v) is 3.65. The van der Waals surface area contributed by atoms with Crippen molar-refractivity contribution in [1.82, 2.24) is 15.2 Å². The van der Waals surface area contributed by atoms with Crippen molar-refractivity contribution >= 4 is 22.6 Å². The fourth-order valence-electron chi connectivity index (χ4n) is 1.02. The van der Waals surface area contributed by atoms with Gasteiger partial charge in [0.25, 0.3) is 0 Å². The molecule has 0 bridgehead atoms. The molecule has 2 rings (SSSR count). The number of rotatable bonds is 1. The predicted molar refractivity (Wildman–Crippen MR) is 54.5 cm³/mol. The Labute approximate surface area is 87.5 Å². The standard InChI is InChI=1S/C8H5FIN3/c9-6-1-5(2-11-3-6)8-7(10)4-12-13-8/h1-4H,(H,12,13). The van der Waals surface area contributed by atoms with E-state index in [0.29, 0.717) is 5.56 Å². The van der Waals surface area contributed by atoms with Crippen molar-refractivity contribution in [2.75, 3.05) is 0 Å². The van der Waals surface area contributed by atoms with Gasteiger partial charge in [0, 0.05) is 11.8 Å². The van der Waals surface area contributed by atoms with E-state index in [4.69, 9.17) is 0 Å². The molecule has 0 radical (unpaired) electrons. The SMILES string of the molecule is Fc1cncc(-c2[nH]ncc2I)c1. The number of halogens is 2. The maximum Gasteiger partial charge on any atom is 0.142 e. The molecule has 13 heavy (non-hydrogen) atoms.